The van der Waals surface area contributed by atoms with Crippen LogP contribution >= 0.6 is 7.37 Å². The van der Waals surface area contributed by atoms with Crippen LogP contribution in [0.1, 0.15) is 62.3 Å². The highest BCUT2D eigenvalue weighted by atomic mass is 31.2. The van der Waals surface area contributed by atoms with Gasteiger partial charge in [0.05, 0.1) is 13.2 Å². The number of nitrogens with zero attached hydrogens (tertiary/aromatic N) is 1. The number of rotatable bonds is 11. The molecule has 3 atom stereocenters. The second kappa shape index (κ2) is 11.6. The molecule has 0 amide bonds. The summed E-state index contributed by atoms with van der Waals surface area (Å²) in [5, 5.41) is 0. The fraction of sp³-hybridized carbons (Fsp3) is 0.452. The lowest BCUT2D eigenvalue weighted by Crippen LogP contribution is -2.21. The van der Waals surface area contributed by atoms with Crippen LogP contribution in [-0.2, 0) is 15.9 Å². The molecule has 7 heteroatoms. The molecular formula is C31H40NO5P. The van der Waals surface area contributed by atoms with E-state index in [1.807, 2.05) is 30.3 Å². The number of hydrogen-bond donors (Lipinski definition) is 1. The van der Waals surface area contributed by atoms with Crippen LogP contribution in [-0.4, -0.2) is 36.9 Å². The van der Waals surface area contributed by atoms with Crippen molar-refractivity contribution >= 4 is 7.37 Å². The molecule has 0 bridgehead atoms. The van der Waals surface area contributed by atoms with Crippen LogP contribution in [0.15, 0.2) is 60.8 Å². The van der Waals surface area contributed by atoms with E-state index in [9.17, 15) is 9.46 Å². The topological polar surface area (TPSA) is 77.9 Å². The summed E-state index contributed by atoms with van der Waals surface area (Å²) in [4.78, 5) is 14.4. The Hall–Kier alpha value is -2.66. The molecule has 3 unspecified atom stereocenters. The summed E-state index contributed by atoms with van der Waals surface area (Å²) < 4.78 is 29.8. The van der Waals surface area contributed by atoms with E-state index >= 15 is 0 Å². The molecule has 1 heterocycles. The number of ether oxygens (including phenoxy) is 3. The monoisotopic (exact) mass is 537 g/mol. The first-order chi connectivity index (χ1) is 18.0. The molecule has 204 valence electrons. The summed E-state index contributed by atoms with van der Waals surface area (Å²) in [5.74, 6) is 1.85. The van der Waals surface area contributed by atoms with Gasteiger partial charge in [0.2, 0.25) is 5.88 Å². The normalized spacial score (nSPS) is 16.9. The van der Waals surface area contributed by atoms with Crippen molar-refractivity contribution in [1.82, 2.24) is 4.98 Å². The van der Waals surface area contributed by atoms with E-state index in [1.54, 1.807) is 20.4 Å². The molecule has 1 fully saturated rings. The largest absolute Gasteiger partial charge is 0.497 e. The van der Waals surface area contributed by atoms with Gasteiger partial charge in [-0.15, -0.1) is 0 Å². The molecule has 2 aromatic carbocycles. The molecule has 1 aromatic heterocycles. The molecule has 0 spiro atoms. The Labute approximate surface area is 226 Å². The molecule has 1 aliphatic rings. The van der Waals surface area contributed by atoms with E-state index in [2.05, 4.69) is 50.0 Å². The Balaban J connectivity index is 1.61. The molecule has 0 radical (unpaired) electrons. The highest BCUT2D eigenvalue weighted by Gasteiger charge is 2.35. The van der Waals surface area contributed by atoms with E-state index in [4.69, 9.17) is 14.2 Å². The fourth-order valence-electron chi connectivity index (χ4n) is 5.20. The van der Waals surface area contributed by atoms with Gasteiger partial charge in [-0.05, 0) is 82.2 Å². The van der Waals surface area contributed by atoms with Crippen molar-refractivity contribution in [1.29, 1.82) is 0 Å². The van der Waals surface area contributed by atoms with Crippen molar-refractivity contribution in [3.05, 3.63) is 77.5 Å². The van der Waals surface area contributed by atoms with Gasteiger partial charge >= 0.3 is 0 Å². The number of hydrogen-bond acceptors (Lipinski definition) is 5. The van der Waals surface area contributed by atoms with Crippen LogP contribution < -0.4 is 9.47 Å². The smallest absolute Gasteiger partial charge is 0.213 e. The van der Waals surface area contributed by atoms with Gasteiger partial charge in [0.25, 0.3) is 0 Å². The predicted molar refractivity (Wildman–Crippen MR) is 152 cm³/mol. The number of pyridine rings is 1. The summed E-state index contributed by atoms with van der Waals surface area (Å²) in [7, 11) is 0.298. The Bertz CT molecular complexity index is 1290. The quantitative estimate of drug-likeness (QED) is 0.256. The van der Waals surface area contributed by atoms with Crippen LogP contribution in [0.3, 0.4) is 0 Å². The van der Waals surface area contributed by atoms with Crippen molar-refractivity contribution in [2.75, 3.05) is 27.0 Å². The molecule has 3 aromatic rings. The molecule has 4 rings (SSSR count). The maximum Gasteiger partial charge on any atom is 0.213 e. The molecule has 1 saturated carbocycles. The molecular weight excluding hydrogens is 497 g/mol. The lowest BCUT2D eigenvalue weighted by Gasteiger charge is -2.32. The van der Waals surface area contributed by atoms with E-state index in [-0.39, 0.29) is 17.4 Å². The van der Waals surface area contributed by atoms with Gasteiger partial charge < -0.3 is 19.1 Å². The lowest BCUT2D eigenvalue weighted by molar-refractivity contribution is 0.0155. The zero-order chi connectivity index (χ0) is 27.5. The van der Waals surface area contributed by atoms with Crippen LogP contribution in [0.5, 0.6) is 11.6 Å². The Kier molecular flexibility index (Phi) is 8.66. The molecule has 0 aliphatic heterocycles. The minimum atomic E-state index is -3.13. The average molecular weight is 538 g/mol. The molecule has 38 heavy (non-hydrogen) atoms. The highest BCUT2D eigenvalue weighted by Crippen LogP contribution is 2.50. The van der Waals surface area contributed by atoms with Gasteiger partial charge in [-0.3, -0.25) is 4.57 Å². The van der Waals surface area contributed by atoms with Crippen LogP contribution in [0.2, 0.25) is 0 Å². The standard InChI is InChI=1S/C31H40NO5P/c1-31(2,3)30(36-5)27-16-21(10-13-26(27)23-8-7-9-25(17-23)35-4)19-37-29-18-24(14-15-32-29)28(22-11-12-22)20-38(6,33)34/h7-10,13-18,22,28,30H,11-12,19-20H2,1-6H3,(H,33,34). The number of methoxy groups -OCH3 is 2. The third kappa shape index (κ3) is 7.25. The van der Waals surface area contributed by atoms with Crippen LogP contribution in [0.4, 0.5) is 0 Å². The highest BCUT2D eigenvalue weighted by molar-refractivity contribution is 7.57. The third-order valence-corrected chi connectivity index (χ3v) is 8.17. The Morgan fingerprint density at radius 2 is 1.84 bits per heavy atom. The van der Waals surface area contributed by atoms with E-state index in [0.29, 0.717) is 24.6 Å². The summed E-state index contributed by atoms with van der Waals surface area (Å²) in [6.07, 6.45) is 4.09. The van der Waals surface area contributed by atoms with Crippen molar-refractivity contribution < 1.29 is 23.7 Å². The Morgan fingerprint density at radius 3 is 2.47 bits per heavy atom. The van der Waals surface area contributed by atoms with E-state index < -0.39 is 7.37 Å². The van der Waals surface area contributed by atoms with Crippen molar-refractivity contribution in [2.24, 2.45) is 11.3 Å². The third-order valence-electron chi connectivity index (χ3n) is 7.10. The zero-order valence-electron chi connectivity index (χ0n) is 23.3. The summed E-state index contributed by atoms with van der Waals surface area (Å²) in [6, 6.07) is 18.3. The van der Waals surface area contributed by atoms with Gasteiger partial charge in [-0.1, -0.05) is 45.0 Å². The van der Waals surface area contributed by atoms with Gasteiger partial charge in [0, 0.05) is 32.2 Å². The summed E-state index contributed by atoms with van der Waals surface area (Å²) in [5.41, 5.74) is 5.16. The first-order valence-electron chi connectivity index (χ1n) is 13.2. The van der Waals surface area contributed by atoms with Gasteiger partial charge in [-0.25, -0.2) is 4.98 Å². The average Bonchev–Trinajstić information content (AvgIpc) is 3.71. The second-order valence-electron chi connectivity index (χ2n) is 11.5. The van der Waals surface area contributed by atoms with E-state index in [1.165, 1.54) is 6.66 Å². The van der Waals surface area contributed by atoms with Gasteiger partial charge in [0.15, 0.2) is 7.37 Å². The maximum absolute atomic E-state index is 12.2. The van der Waals surface area contributed by atoms with Crippen LogP contribution in [0, 0.1) is 11.3 Å². The minimum Gasteiger partial charge on any atom is -0.497 e. The lowest BCUT2D eigenvalue weighted by atomic mass is 9.81. The second-order valence-corrected chi connectivity index (χ2v) is 14.0. The first kappa shape index (κ1) is 28.4. The molecule has 1 N–H and O–H groups in total. The zero-order valence-corrected chi connectivity index (χ0v) is 24.2. The van der Waals surface area contributed by atoms with Crippen molar-refractivity contribution in [3.8, 4) is 22.8 Å². The molecule has 6 nitrogen and oxygen atoms in total. The molecule has 1 aliphatic carbocycles. The predicted octanol–water partition coefficient (Wildman–Crippen LogP) is 7.46. The van der Waals surface area contributed by atoms with Gasteiger partial charge in [-0.2, -0.15) is 0 Å². The maximum atomic E-state index is 12.2. The SMILES string of the molecule is COc1cccc(-c2ccc(COc3cc(C(CP(C)(=O)O)C4CC4)ccn3)cc2C(OC)C(C)(C)C)c1. The van der Waals surface area contributed by atoms with Crippen molar-refractivity contribution in [2.45, 2.75) is 52.2 Å². The number of benzene rings is 2. The summed E-state index contributed by atoms with van der Waals surface area (Å²) >= 11 is 0. The summed E-state index contributed by atoms with van der Waals surface area (Å²) in [6.45, 7) is 8.31. The molecule has 0 saturated heterocycles. The van der Waals surface area contributed by atoms with Crippen molar-refractivity contribution in [3.63, 3.8) is 0 Å². The first-order valence-corrected chi connectivity index (χ1v) is 15.5. The van der Waals surface area contributed by atoms with E-state index in [0.717, 1.165) is 46.4 Å². The van der Waals surface area contributed by atoms with Gasteiger partial charge in [0.1, 0.15) is 12.4 Å². The Morgan fingerprint density at radius 1 is 1.08 bits per heavy atom. The number of aromatic nitrogens is 1. The minimum absolute atomic E-state index is 0.0594. The fourth-order valence-corrected chi connectivity index (χ4v) is 6.44. The van der Waals surface area contributed by atoms with Crippen LogP contribution in [0.25, 0.3) is 11.1 Å².